The number of carbonyl (C=O) groups excluding carboxylic acids is 3. The van der Waals surface area contributed by atoms with Gasteiger partial charge in [0.15, 0.2) is 0 Å². The van der Waals surface area contributed by atoms with E-state index in [-0.39, 0.29) is 18.4 Å². The van der Waals surface area contributed by atoms with E-state index in [0.29, 0.717) is 13.0 Å². The number of hydrogen-bond acceptors (Lipinski definition) is 5. The molecule has 0 bridgehead atoms. The Hall–Kier alpha value is -1.63. The first-order valence-electron chi connectivity index (χ1n) is 6.15. The van der Waals surface area contributed by atoms with Crippen LogP contribution in [0.4, 0.5) is 4.79 Å². The number of piperidine rings is 1. The highest BCUT2D eigenvalue weighted by Gasteiger charge is 2.28. The van der Waals surface area contributed by atoms with Gasteiger partial charge in [0.1, 0.15) is 12.6 Å². The van der Waals surface area contributed by atoms with Crippen LogP contribution in [-0.2, 0) is 14.3 Å². The minimum absolute atomic E-state index is 0.206. The second-order valence-corrected chi connectivity index (χ2v) is 4.54. The summed E-state index contributed by atoms with van der Waals surface area (Å²) in [7, 11) is 0. The molecule has 0 spiro atoms. The van der Waals surface area contributed by atoms with E-state index in [0.717, 1.165) is 19.4 Å². The Bertz CT molecular complexity index is 352. The lowest BCUT2D eigenvalue weighted by molar-refractivity contribution is -0.134. The van der Waals surface area contributed by atoms with Crippen molar-refractivity contribution in [1.82, 2.24) is 16.0 Å². The Morgan fingerprint density at radius 1 is 1.39 bits per heavy atom. The number of imide groups is 1. The number of alkyl carbamates (subject to hydrolysis) is 1. The van der Waals surface area contributed by atoms with Crippen LogP contribution in [0.25, 0.3) is 0 Å². The van der Waals surface area contributed by atoms with Gasteiger partial charge < -0.3 is 15.4 Å². The summed E-state index contributed by atoms with van der Waals surface area (Å²) in [5.41, 5.74) is 0. The maximum Gasteiger partial charge on any atom is 0.407 e. The van der Waals surface area contributed by atoms with Gasteiger partial charge in [0.2, 0.25) is 11.8 Å². The molecule has 0 unspecified atom stereocenters. The maximum absolute atomic E-state index is 11.5. The van der Waals surface area contributed by atoms with Gasteiger partial charge in [-0.1, -0.05) is 0 Å². The van der Waals surface area contributed by atoms with E-state index in [4.69, 9.17) is 4.74 Å². The van der Waals surface area contributed by atoms with Crippen LogP contribution in [0, 0.1) is 0 Å². The second-order valence-electron chi connectivity index (χ2n) is 4.54. The first-order chi connectivity index (χ1) is 8.65. The average molecular weight is 255 g/mol. The molecule has 18 heavy (non-hydrogen) atoms. The number of amides is 3. The van der Waals surface area contributed by atoms with Gasteiger partial charge in [0.05, 0.1) is 0 Å². The van der Waals surface area contributed by atoms with Gasteiger partial charge in [-0.25, -0.2) is 4.79 Å². The van der Waals surface area contributed by atoms with Crippen LogP contribution in [0.15, 0.2) is 0 Å². The summed E-state index contributed by atoms with van der Waals surface area (Å²) < 4.78 is 5.03. The van der Waals surface area contributed by atoms with E-state index in [2.05, 4.69) is 16.0 Å². The fourth-order valence-electron chi connectivity index (χ4n) is 2.09. The molecule has 2 aliphatic heterocycles. The zero-order valence-corrected chi connectivity index (χ0v) is 10.0. The largest absolute Gasteiger partial charge is 0.448 e. The van der Waals surface area contributed by atoms with Crippen molar-refractivity contribution >= 4 is 17.9 Å². The van der Waals surface area contributed by atoms with Gasteiger partial charge in [-0.3, -0.25) is 14.9 Å². The monoisotopic (exact) mass is 255 g/mol. The SMILES string of the molecule is O=C1CC[C@H](NC(=O)OC[C@H]2CCCN2)C(=O)N1. The number of nitrogens with one attached hydrogen (secondary N) is 3. The Balaban J connectivity index is 1.70. The van der Waals surface area contributed by atoms with Crippen LogP contribution in [0.2, 0.25) is 0 Å². The van der Waals surface area contributed by atoms with E-state index >= 15 is 0 Å². The van der Waals surface area contributed by atoms with Gasteiger partial charge in [-0.05, 0) is 25.8 Å². The van der Waals surface area contributed by atoms with Crippen molar-refractivity contribution in [3.63, 3.8) is 0 Å². The molecule has 2 aliphatic rings. The molecule has 0 saturated carbocycles. The Morgan fingerprint density at radius 3 is 2.89 bits per heavy atom. The number of hydrogen-bond donors (Lipinski definition) is 3. The molecular formula is C11H17N3O4. The third-order valence-corrected chi connectivity index (χ3v) is 3.11. The average Bonchev–Trinajstić information content (AvgIpc) is 2.83. The minimum Gasteiger partial charge on any atom is -0.448 e. The van der Waals surface area contributed by atoms with Crippen molar-refractivity contribution in [1.29, 1.82) is 0 Å². The molecule has 100 valence electrons. The van der Waals surface area contributed by atoms with Crippen LogP contribution in [0.1, 0.15) is 25.7 Å². The van der Waals surface area contributed by atoms with E-state index in [1.807, 2.05) is 0 Å². The van der Waals surface area contributed by atoms with Crippen LogP contribution in [0.5, 0.6) is 0 Å². The molecule has 2 rings (SSSR count). The zero-order chi connectivity index (χ0) is 13.0. The lowest BCUT2D eigenvalue weighted by Crippen LogP contribution is -2.52. The molecule has 2 heterocycles. The van der Waals surface area contributed by atoms with Crippen LogP contribution in [-0.4, -0.2) is 43.1 Å². The highest BCUT2D eigenvalue weighted by Crippen LogP contribution is 2.06. The van der Waals surface area contributed by atoms with Gasteiger partial charge in [-0.2, -0.15) is 0 Å². The summed E-state index contributed by atoms with van der Waals surface area (Å²) in [6.07, 6.45) is 2.02. The van der Waals surface area contributed by atoms with Crippen LogP contribution >= 0.6 is 0 Å². The van der Waals surface area contributed by atoms with Crippen molar-refractivity contribution in [2.24, 2.45) is 0 Å². The Labute approximate surface area is 105 Å². The van der Waals surface area contributed by atoms with Crippen molar-refractivity contribution in [3.8, 4) is 0 Å². The van der Waals surface area contributed by atoms with E-state index in [1.54, 1.807) is 0 Å². The molecule has 0 aliphatic carbocycles. The van der Waals surface area contributed by atoms with E-state index < -0.39 is 18.0 Å². The molecule has 0 aromatic rings. The first-order valence-corrected chi connectivity index (χ1v) is 6.15. The van der Waals surface area contributed by atoms with Gasteiger partial charge in [0.25, 0.3) is 0 Å². The third-order valence-electron chi connectivity index (χ3n) is 3.11. The van der Waals surface area contributed by atoms with Gasteiger partial charge in [-0.15, -0.1) is 0 Å². The van der Waals surface area contributed by atoms with E-state index in [9.17, 15) is 14.4 Å². The van der Waals surface area contributed by atoms with Gasteiger partial charge in [0, 0.05) is 12.5 Å². The van der Waals surface area contributed by atoms with Gasteiger partial charge >= 0.3 is 6.09 Å². The topological polar surface area (TPSA) is 96.5 Å². The summed E-state index contributed by atoms with van der Waals surface area (Å²) in [5.74, 6) is -0.774. The van der Waals surface area contributed by atoms with Crippen molar-refractivity contribution in [2.75, 3.05) is 13.2 Å². The van der Waals surface area contributed by atoms with Crippen molar-refractivity contribution in [2.45, 2.75) is 37.8 Å². The molecule has 7 nitrogen and oxygen atoms in total. The first kappa shape index (κ1) is 12.8. The van der Waals surface area contributed by atoms with Crippen LogP contribution < -0.4 is 16.0 Å². The summed E-state index contributed by atoms with van der Waals surface area (Å²) in [4.78, 5) is 33.8. The summed E-state index contributed by atoms with van der Waals surface area (Å²) >= 11 is 0. The Kier molecular flexibility index (Phi) is 4.14. The molecule has 2 fully saturated rings. The molecule has 2 atom stereocenters. The highest BCUT2D eigenvalue weighted by molar-refractivity contribution is 6.01. The molecule has 2 saturated heterocycles. The molecule has 3 N–H and O–H groups in total. The third kappa shape index (κ3) is 3.43. The summed E-state index contributed by atoms with van der Waals surface area (Å²) in [6, 6.07) is -0.468. The standard InChI is InChI=1S/C11H17N3O4/c15-9-4-3-8(10(16)14-9)13-11(17)18-6-7-2-1-5-12-7/h7-8,12H,1-6H2,(H,13,17)(H,14,15,16)/t7-,8+/m1/s1. The number of carbonyl (C=O) groups is 3. The molecule has 0 aromatic heterocycles. The predicted octanol–water partition coefficient (Wildman–Crippen LogP) is -0.730. The molecule has 0 aromatic carbocycles. The summed E-state index contributed by atoms with van der Waals surface area (Å²) in [6.45, 7) is 1.25. The molecular weight excluding hydrogens is 238 g/mol. The molecule has 3 amide bonds. The lowest BCUT2D eigenvalue weighted by atomic mass is 10.1. The molecule has 0 radical (unpaired) electrons. The number of ether oxygens (including phenoxy) is 1. The molecule has 7 heteroatoms. The minimum atomic E-state index is -0.674. The zero-order valence-electron chi connectivity index (χ0n) is 10.0. The highest BCUT2D eigenvalue weighted by atomic mass is 16.5. The summed E-state index contributed by atoms with van der Waals surface area (Å²) in [5, 5.41) is 7.83. The predicted molar refractivity (Wildman–Crippen MR) is 61.7 cm³/mol. The fraction of sp³-hybridized carbons (Fsp3) is 0.727. The van der Waals surface area contributed by atoms with Crippen molar-refractivity contribution in [3.05, 3.63) is 0 Å². The maximum atomic E-state index is 11.5. The van der Waals surface area contributed by atoms with Crippen LogP contribution in [0.3, 0.4) is 0 Å². The number of rotatable bonds is 3. The lowest BCUT2D eigenvalue weighted by Gasteiger charge is -2.21. The Morgan fingerprint density at radius 2 is 2.22 bits per heavy atom. The quantitative estimate of drug-likeness (QED) is 0.578. The smallest absolute Gasteiger partial charge is 0.407 e. The van der Waals surface area contributed by atoms with E-state index in [1.165, 1.54) is 0 Å². The van der Waals surface area contributed by atoms with Crippen molar-refractivity contribution < 1.29 is 19.1 Å². The fourth-order valence-corrected chi connectivity index (χ4v) is 2.09. The normalized spacial score (nSPS) is 27.8. The second kappa shape index (κ2) is 5.81.